The number of esters is 2. The van der Waals surface area contributed by atoms with Gasteiger partial charge in [-0.15, -0.1) is 0 Å². The van der Waals surface area contributed by atoms with Crippen LogP contribution >= 0.6 is 0 Å². The van der Waals surface area contributed by atoms with E-state index >= 15 is 0 Å². The normalized spacial score (nSPS) is 8.18. The zero-order valence-corrected chi connectivity index (χ0v) is 13.1. The van der Waals surface area contributed by atoms with Crippen LogP contribution in [0.3, 0.4) is 0 Å². The molecule has 0 aromatic heterocycles. The number of rotatable bonds is 6. The first-order chi connectivity index (χ1) is 10.2. The molecular weight excluding hydrogens is 300 g/mol. The molecule has 9 nitrogen and oxygen atoms in total. The van der Waals surface area contributed by atoms with Gasteiger partial charge in [0.1, 0.15) is 0 Å². The molecule has 2 N–H and O–H groups in total. The van der Waals surface area contributed by atoms with Crippen LogP contribution in [0.4, 0.5) is 4.79 Å². The summed E-state index contributed by atoms with van der Waals surface area (Å²) in [6.07, 6.45) is -1.39. The van der Waals surface area contributed by atoms with E-state index in [1.54, 1.807) is 27.7 Å². The third-order valence-corrected chi connectivity index (χ3v) is 1.65. The van der Waals surface area contributed by atoms with Crippen LogP contribution in [0, 0.1) is 0 Å². The van der Waals surface area contributed by atoms with Crippen molar-refractivity contribution in [3.05, 3.63) is 0 Å². The molecule has 0 aliphatic rings. The molecular formula is C13H22O9. The zero-order valence-electron chi connectivity index (χ0n) is 13.1. The summed E-state index contributed by atoms with van der Waals surface area (Å²) in [6, 6.07) is 0. The fraction of sp³-hybridized carbons (Fsp3) is 0.615. The van der Waals surface area contributed by atoms with Gasteiger partial charge < -0.3 is 19.7 Å². The molecule has 0 fully saturated rings. The van der Waals surface area contributed by atoms with Crippen LogP contribution in [-0.2, 0) is 28.7 Å². The maximum absolute atomic E-state index is 10.4. The number of ether oxygens (including phenoxy) is 2. The summed E-state index contributed by atoms with van der Waals surface area (Å²) in [5, 5.41) is 13.9. The van der Waals surface area contributed by atoms with Gasteiger partial charge in [0.15, 0.2) is 0 Å². The lowest BCUT2D eigenvalue weighted by Crippen LogP contribution is -2.15. The predicted octanol–water partition coefficient (Wildman–Crippen LogP) is 1.28. The Balaban J connectivity index is -0.000000266. The minimum atomic E-state index is -1.83. The Kier molecular flexibility index (Phi) is 18.5. The van der Waals surface area contributed by atoms with Gasteiger partial charge in [0, 0.05) is 12.8 Å². The van der Waals surface area contributed by atoms with E-state index in [9.17, 15) is 19.2 Å². The highest BCUT2D eigenvalue weighted by atomic mass is 16.6. The second kappa shape index (κ2) is 16.6. The quantitative estimate of drug-likeness (QED) is 0.545. The first kappa shape index (κ1) is 24.6. The molecule has 0 rings (SSSR count). The lowest BCUT2D eigenvalue weighted by Gasteiger charge is -1.95. The van der Waals surface area contributed by atoms with E-state index in [0.717, 1.165) is 0 Å². The number of carboxylic acid groups (broad SMARTS) is 2. The van der Waals surface area contributed by atoms with Crippen molar-refractivity contribution in [1.29, 1.82) is 0 Å². The second-order valence-corrected chi connectivity index (χ2v) is 3.28. The number of hydrogen-bond donors (Lipinski definition) is 2. The Morgan fingerprint density at radius 3 is 1.05 bits per heavy atom. The monoisotopic (exact) mass is 322 g/mol. The number of Topliss-reactive ketones (excluding diaryl/α,β-unsaturated/α-hetero) is 2. The highest BCUT2D eigenvalue weighted by Gasteiger charge is 2.10. The van der Waals surface area contributed by atoms with E-state index in [1.165, 1.54) is 0 Å². The van der Waals surface area contributed by atoms with Crippen LogP contribution in [0.25, 0.3) is 0 Å². The molecule has 0 atom stereocenters. The fourth-order valence-electron chi connectivity index (χ4n) is 0.712. The lowest BCUT2D eigenvalue weighted by atomic mass is 10.3. The number of carbonyl (C=O) groups is 5. The molecule has 22 heavy (non-hydrogen) atoms. The Hall–Kier alpha value is -2.45. The maximum Gasteiger partial charge on any atom is 0.503 e. The number of carbonyl (C=O) groups excluding carboxylic acids is 4. The Labute approximate surface area is 128 Å². The van der Waals surface area contributed by atoms with Gasteiger partial charge in [0.2, 0.25) is 11.6 Å². The molecule has 0 saturated carbocycles. The first-order valence-corrected chi connectivity index (χ1v) is 6.49. The molecule has 0 spiro atoms. The van der Waals surface area contributed by atoms with Crippen LogP contribution in [0.2, 0.25) is 0 Å². The fourth-order valence-corrected chi connectivity index (χ4v) is 0.712. The van der Waals surface area contributed by atoms with E-state index in [4.69, 9.17) is 15.0 Å². The molecule has 9 heteroatoms. The molecule has 0 heterocycles. The summed E-state index contributed by atoms with van der Waals surface area (Å²) >= 11 is 0. The molecule has 128 valence electrons. The molecule has 0 aromatic rings. The summed E-state index contributed by atoms with van der Waals surface area (Å²) in [7, 11) is 0. The van der Waals surface area contributed by atoms with Crippen molar-refractivity contribution in [2.75, 3.05) is 13.2 Å². The predicted molar refractivity (Wildman–Crippen MR) is 74.5 cm³/mol. The van der Waals surface area contributed by atoms with E-state index in [0.29, 0.717) is 0 Å². The van der Waals surface area contributed by atoms with Crippen LogP contribution < -0.4 is 0 Å². The van der Waals surface area contributed by atoms with E-state index in [-0.39, 0.29) is 26.1 Å². The van der Waals surface area contributed by atoms with E-state index in [1.807, 2.05) is 0 Å². The van der Waals surface area contributed by atoms with E-state index in [2.05, 4.69) is 9.47 Å². The second-order valence-electron chi connectivity index (χ2n) is 3.28. The third-order valence-electron chi connectivity index (χ3n) is 1.65. The zero-order chi connectivity index (χ0) is 18.1. The van der Waals surface area contributed by atoms with Crippen LogP contribution in [-0.4, -0.2) is 53.1 Å². The number of ketones is 2. The molecule has 0 radical (unpaired) electrons. The maximum atomic E-state index is 10.4. The Bertz CT molecular complexity index is 340. The SMILES string of the molecule is CCOC(=O)C(=O)CC.CCOC(=O)C(=O)CC.O=C(O)O. The third kappa shape index (κ3) is 19.9. The number of hydrogen-bond acceptors (Lipinski definition) is 7. The van der Waals surface area contributed by atoms with Gasteiger partial charge in [-0.25, -0.2) is 14.4 Å². The smallest absolute Gasteiger partial charge is 0.460 e. The topological polar surface area (TPSA) is 144 Å². The minimum Gasteiger partial charge on any atom is -0.460 e. The van der Waals surface area contributed by atoms with Crippen LogP contribution in [0.5, 0.6) is 0 Å². The summed E-state index contributed by atoms with van der Waals surface area (Å²) in [5.74, 6) is -2.37. The first-order valence-electron chi connectivity index (χ1n) is 6.49. The van der Waals surface area contributed by atoms with Crippen molar-refractivity contribution >= 4 is 29.7 Å². The van der Waals surface area contributed by atoms with Gasteiger partial charge >= 0.3 is 18.1 Å². The molecule has 0 aliphatic carbocycles. The average molecular weight is 322 g/mol. The summed E-state index contributed by atoms with van der Waals surface area (Å²) in [5.41, 5.74) is 0. The van der Waals surface area contributed by atoms with Gasteiger partial charge in [-0.2, -0.15) is 0 Å². The molecule has 0 bridgehead atoms. The van der Waals surface area contributed by atoms with Crippen LogP contribution in [0.1, 0.15) is 40.5 Å². The molecule has 0 saturated heterocycles. The largest absolute Gasteiger partial charge is 0.503 e. The summed E-state index contributed by atoms with van der Waals surface area (Å²) < 4.78 is 8.81. The molecule has 0 aliphatic heterocycles. The Morgan fingerprint density at radius 2 is 0.909 bits per heavy atom. The average Bonchev–Trinajstić information content (AvgIpc) is 2.46. The van der Waals surface area contributed by atoms with Crippen molar-refractivity contribution in [2.45, 2.75) is 40.5 Å². The van der Waals surface area contributed by atoms with Gasteiger partial charge in [0.25, 0.3) is 0 Å². The molecule has 0 aromatic carbocycles. The minimum absolute atomic E-state index is 0.221. The van der Waals surface area contributed by atoms with Crippen LogP contribution in [0.15, 0.2) is 0 Å². The van der Waals surface area contributed by atoms with Crippen molar-refractivity contribution in [1.82, 2.24) is 0 Å². The van der Waals surface area contributed by atoms with Crippen molar-refractivity contribution in [3.8, 4) is 0 Å². The molecule has 0 amide bonds. The lowest BCUT2D eigenvalue weighted by molar-refractivity contribution is -0.153. The van der Waals surface area contributed by atoms with Gasteiger partial charge in [-0.05, 0) is 13.8 Å². The van der Waals surface area contributed by atoms with Gasteiger partial charge in [-0.3, -0.25) is 9.59 Å². The summed E-state index contributed by atoms with van der Waals surface area (Å²) in [6.45, 7) is 7.12. The molecule has 0 unspecified atom stereocenters. The Morgan fingerprint density at radius 1 is 0.682 bits per heavy atom. The van der Waals surface area contributed by atoms with Crippen molar-refractivity contribution in [2.24, 2.45) is 0 Å². The van der Waals surface area contributed by atoms with Gasteiger partial charge in [0.05, 0.1) is 13.2 Å². The summed E-state index contributed by atoms with van der Waals surface area (Å²) in [4.78, 5) is 50.2. The standard InChI is InChI=1S/2C6H10O3.CH2O3/c2*1-3-5(7)6(8)9-4-2;2-1(3)4/h2*3-4H2,1-2H3;(H2,2,3,4). The highest BCUT2D eigenvalue weighted by molar-refractivity contribution is 6.33. The highest BCUT2D eigenvalue weighted by Crippen LogP contribution is 1.85. The van der Waals surface area contributed by atoms with Crippen molar-refractivity contribution < 1.29 is 43.7 Å². The van der Waals surface area contributed by atoms with Gasteiger partial charge in [-0.1, -0.05) is 13.8 Å². The van der Waals surface area contributed by atoms with E-state index < -0.39 is 29.7 Å². The van der Waals surface area contributed by atoms with Crippen molar-refractivity contribution in [3.63, 3.8) is 0 Å².